The van der Waals surface area contributed by atoms with Crippen molar-refractivity contribution in [2.45, 2.75) is 37.9 Å². The molecule has 2 aliphatic heterocycles. The third-order valence-electron chi connectivity index (χ3n) is 4.80. The van der Waals surface area contributed by atoms with Gasteiger partial charge in [-0.05, 0) is 31.4 Å². The van der Waals surface area contributed by atoms with Gasteiger partial charge in [0, 0.05) is 19.5 Å². The van der Waals surface area contributed by atoms with Crippen LogP contribution in [0.25, 0.3) is 0 Å². The van der Waals surface area contributed by atoms with E-state index in [-0.39, 0.29) is 24.8 Å². The van der Waals surface area contributed by atoms with Crippen molar-refractivity contribution >= 4 is 11.8 Å². The van der Waals surface area contributed by atoms with Crippen molar-refractivity contribution in [1.82, 2.24) is 9.80 Å². The van der Waals surface area contributed by atoms with Gasteiger partial charge in [-0.15, -0.1) is 0 Å². The first-order valence-electron chi connectivity index (χ1n) is 8.48. The van der Waals surface area contributed by atoms with E-state index in [1.165, 1.54) is 12.0 Å². The molecule has 3 rings (SSSR count). The zero-order valence-electron chi connectivity index (χ0n) is 13.9. The number of alkyl halides is 1. The highest BCUT2D eigenvalue weighted by Crippen LogP contribution is 2.28. The monoisotopic (exact) mass is 334 g/mol. The summed E-state index contributed by atoms with van der Waals surface area (Å²) < 4.78 is 19.2. The number of piperidine rings is 1. The second kappa shape index (κ2) is 7.20. The molecule has 0 aromatic heterocycles. The summed E-state index contributed by atoms with van der Waals surface area (Å²) in [7, 11) is 1.49. The van der Waals surface area contributed by atoms with Crippen LogP contribution in [0.2, 0.25) is 0 Å². The van der Waals surface area contributed by atoms with Gasteiger partial charge in [-0.3, -0.25) is 9.59 Å². The number of carbonyl (C=O) groups excluding carboxylic acids is 2. The molecule has 1 aromatic rings. The minimum Gasteiger partial charge on any atom is -0.496 e. The van der Waals surface area contributed by atoms with E-state index in [1.807, 2.05) is 0 Å². The van der Waals surface area contributed by atoms with Crippen molar-refractivity contribution in [3.05, 3.63) is 29.8 Å². The normalized spacial score (nSPS) is 24.1. The number of halogens is 1. The van der Waals surface area contributed by atoms with E-state index in [4.69, 9.17) is 4.74 Å². The summed E-state index contributed by atoms with van der Waals surface area (Å²) in [6, 6.07) is 6.14. The smallest absolute Gasteiger partial charge is 0.258 e. The van der Waals surface area contributed by atoms with Gasteiger partial charge in [0.15, 0.2) is 0 Å². The fraction of sp³-hybridized carbons (Fsp3) is 0.556. The molecule has 0 N–H and O–H groups in total. The van der Waals surface area contributed by atoms with Crippen LogP contribution in [-0.2, 0) is 4.79 Å². The lowest BCUT2D eigenvalue weighted by Crippen LogP contribution is -2.49. The minimum atomic E-state index is -1.16. The van der Waals surface area contributed by atoms with E-state index in [9.17, 15) is 14.0 Å². The molecule has 2 aliphatic rings. The number of para-hydroxylation sites is 1. The molecule has 0 bridgehead atoms. The molecule has 2 heterocycles. The molecule has 2 atom stereocenters. The standard InChI is InChI=1S/C18H23FN2O3/c1-24-16-8-4-3-7-14(16)17(22)21-12-13(19)11-15(21)18(23)20-9-5-2-6-10-20/h3-4,7-8,13,15H,2,5-6,9-12H2,1H3/t13-,15-/m0/s1. The van der Waals surface area contributed by atoms with Crippen LogP contribution in [0, 0.1) is 0 Å². The Morgan fingerprint density at radius 1 is 1.17 bits per heavy atom. The number of benzene rings is 1. The number of likely N-dealkylation sites (tertiary alicyclic amines) is 2. The molecule has 0 unspecified atom stereocenters. The number of amides is 2. The molecule has 0 aliphatic carbocycles. The van der Waals surface area contributed by atoms with Crippen LogP contribution in [0.5, 0.6) is 5.75 Å². The highest BCUT2D eigenvalue weighted by atomic mass is 19.1. The fourth-order valence-electron chi connectivity index (χ4n) is 3.54. The Kier molecular flexibility index (Phi) is 5.02. The molecule has 2 amide bonds. The Morgan fingerprint density at radius 3 is 2.58 bits per heavy atom. The third kappa shape index (κ3) is 3.23. The van der Waals surface area contributed by atoms with Gasteiger partial charge < -0.3 is 14.5 Å². The van der Waals surface area contributed by atoms with Crippen LogP contribution in [0.3, 0.4) is 0 Å². The van der Waals surface area contributed by atoms with Crippen molar-refractivity contribution in [2.75, 3.05) is 26.7 Å². The topological polar surface area (TPSA) is 49.9 Å². The van der Waals surface area contributed by atoms with E-state index < -0.39 is 12.2 Å². The average molecular weight is 334 g/mol. The van der Waals surface area contributed by atoms with E-state index in [0.29, 0.717) is 24.4 Å². The highest BCUT2D eigenvalue weighted by molar-refractivity contribution is 6.00. The predicted octanol–water partition coefficient (Wildman–Crippen LogP) is 2.26. The Hall–Kier alpha value is -2.11. The number of nitrogens with zero attached hydrogens (tertiary/aromatic N) is 2. The summed E-state index contributed by atoms with van der Waals surface area (Å²) in [5.74, 6) is -0.0324. The van der Waals surface area contributed by atoms with Gasteiger partial charge in [0.05, 0.1) is 19.2 Å². The predicted molar refractivity (Wildman–Crippen MR) is 87.8 cm³/mol. The SMILES string of the molecule is COc1ccccc1C(=O)N1C[C@@H](F)C[C@H]1C(=O)N1CCCCC1. The Labute approximate surface area is 141 Å². The minimum absolute atomic E-state index is 0.0405. The fourth-order valence-corrected chi connectivity index (χ4v) is 3.54. The maximum absolute atomic E-state index is 14.0. The zero-order chi connectivity index (χ0) is 17.1. The van der Waals surface area contributed by atoms with Crippen molar-refractivity contribution in [3.63, 3.8) is 0 Å². The summed E-state index contributed by atoms with van der Waals surface area (Å²) in [4.78, 5) is 28.8. The van der Waals surface area contributed by atoms with Crippen LogP contribution < -0.4 is 4.74 Å². The summed E-state index contributed by atoms with van der Waals surface area (Å²) in [6.45, 7) is 1.35. The van der Waals surface area contributed by atoms with Crippen LogP contribution in [0.15, 0.2) is 24.3 Å². The van der Waals surface area contributed by atoms with Crippen molar-refractivity contribution < 1.29 is 18.7 Å². The first kappa shape index (κ1) is 16.7. The quantitative estimate of drug-likeness (QED) is 0.852. The zero-order valence-corrected chi connectivity index (χ0v) is 13.9. The third-order valence-corrected chi connectivity index (χ3v) is 4.80. The first-order valence-corrected chi connectivity index (χ1v) is 8.48. The Bertz CT molecular complexity index is 616. The lowest BCUT2D eigenvalue weighted by molar-refractivity contribution is -0.136. The molecule has 1 aromatic carbocycles. The molecule has 24 heavy (non-hydrogen) atoms. The van der Waals surface area contributed by atoms with Gasteiger partial charge in [0.2, 0.25) is 5.91 Å². The number of methoxy groups -OCH3 is 1. The molecular formula is C18H23FN2O3. The Morgan fingerprint density at radius 2 is 1.88 bits per heavy atom. The molecule has 6 heteroatoms. The van der Waals surface area contributed by atoms with E-state index in [2.05, 4.69) is 0 Å². The van der Waals surface area contributed by atoms with Gasteiger partial charge in [0.25, 0.3) is 5.91 Å². The molecule has 0 spiro atoms. The number of carbonyl (C=O) groups is 2. The van der Waals surface area contributed by atoms with Gasteiger partial charge in [-0.2, -0.15) is 0 Å². The van der Waals surface area contributed by atoms with Crippen molar-refractivity contribution in [1.29, 1.82) is 0 Å². The number of rotatable bonds is 3. The average Bonchev–Trinajstić information content (AvgIpc) is 3.03. The highest BCUT2D eigenvalue weighted by Gasteiger charge is 2.42. The number of ether oxygens (including phenoxy) is 1. The summed E-state index contributed by atoms with van der Waals surface area (Å²) in [5, 5.41) is 0. The van der Waals surface area contributed by atoms with E-state index in [1.54, 1.807) is 29.2 Å². The van der Waals surface area contributed by atoms with Gasteiger partial charge in [-0.1, -0.05) is 12.1 Å². The summed E-state index contributed by atoms with van der Waals surface area (Å²) in [6.07, 6.45) is 1.97. The van der Waals surface area contributed by atoms with E-state index in [0.717, 1.165) is 19.3 Å². The lowest BCUT2D eigenvalue weighted by Gasteiger charge is -2.32. The van der Waals surface area contributed by atoms with Crippen LogP contribution >= 0.6 is 0 Å². The molecule has 2 fully saturated rings. The van der Waals surface area contributed by atoms with E-state index >= 15 is 0 Å². The van der Waals surface area contributed by atoms with Crippen molar-refractivity contribution in [3.8, 4) is 5.75 Å². The van der Waals surface area contributed by atoms with Gasteiger partial charge in [0.1, 0.15) is 18.0 Å². The second-order valence-corrected chi connectivity index (χ2v) is 6.39. The molecule has 130 valence electrons. The lowest BCUT2D eigenvalue weighted by atomic mass is 10.1. The molecule has 2 saturated heterocycles. The molecule has 0 radical (unpaired) electrons. The van der Waals surface area contributed by atoms with Crippen LogP contribution in [0.1, 0.15) is 36.0 Å². The maximum atomic E-state index is 14.0. The second-order valence-electron chi connectivity index (χ2n) is 6.39. The Balaban J connectivity index is 1.82. The molecular weight excluding hydrogens is 311 g/mol. The van der Waals surface area contributed by atoms with Gasteiger partial charge >= 0.3 is 0 Å². The molecule has 5 nitrogen and oxygen atoms in total. The number of hydrogen-bond donors (Lipinski definition) is 0. The van der Waals surface area contributed by atoms with Crippen LogP contribution in [0.4, 0.5) is 4.39 Å². The van der Waals surface area contributed by atoms with Crippen LogP contribution in [-0.4, -0.2) is 60.6 Å². The summed E-state index contributed by atoms with van der Waals surface area (Å²) in [5.41, 5.74) is 0.366. The summed E-state index contributed by atoms with van der Waals surface area (Å²) >= 11 is 0. The maximum Gasteiger partial charge on any atom is 0.258 e. The first-order chi connectivity index (χ1) is 11.6. The largest absolute Gasteiger partial charge is 0.496 e. The van der Waals surface area contributed by atoms with Gasteiger partial charge in [-0.25, -0.2) is 4.39 Å². The number of hydrogen-bond acceptors (Lipinski definition) is 3. The van der Waals surface area contributed by atoms with Crippen molar-refractivity contribution in [2.24, 2.45) is 0 Å². The molecule has 0 saturated carbocycles.